The molecule has 1 aromatic rings. The average molecular weight is 911 g/mol. The first kappa shape index (κ1) is 52.4. The monoisotopic (exact) mass is 911 g/mol. The lowest BCUT2D eigenvalue weighted by molar-refractivity contribution is -0.150. The Morgan fingerprint density at radius 1 is 0.892 bits per heavy atom. The number of nitrogens with two attached hydrogens (primary N) is 2. The van der Waals surface area contributed by atoms with Crippen LogP contribution in [0.3, 0.4) is 0 Å². The summed E-state index contributed by atoms with van der Waals surface area (Å²) in [5.41, 5.74) is 15.0. The first-order valence-corrected chi connectivity index (χ1v) is 22.6. The number of benzene rings is 1. The highest BCUT2D eigenvalue weighted by Crippen LogP contribution is 2.78. The molecule has 2 bridgehead atoms. The molecular formula is C46H74N10O9. The van der Waals surface area contributed by atoms with E-state index in [1.807, 2.05) is 6.92 Å². The van der Waals surface area contributed by atoms with Crippen LogP contribution in [0.15, 0.2) is 35.9 Å². The molecule has 6 unspecified atom stereocenters. The second-order valence-corrected chi connectivity index (χ2v) is 19.5. The summed E-state index contributed by atoms with van der Waals surface area (Å²) in [7, 11) is 2.94. The van der Waals surface area contributed by atoms with E-state index in [-0.39, 0.29) is 61.0 Å². The van der Waals surface area contributed by atoms with Crippen molar-refractivity contribution in [3.8, 4) is 0 Å². The number of primary amides is 1. The number of anilines is 1. The third-order valence-corrected chi connectivity index (χ3v) is 14.6. The zero-order valence-electron chi connectivity index (χ0n) is 40.2. The van der Waals surface area contributed by atoms with Gasteiger partial charge in [-0.2, -0.15) is 0 Å². The van der Waals surface area contributed by atoms with Crippen molar-refractivity contribution in [3.05, 3.63) is 41.5 Å². The molecule has 19 nitrogen and oxygen atoms in total. The molecule has 19 heteroatoms. The van der Waals surface area contributed by atoms with E-state index in [9.17, 15) is 38.7 Å². The van der Waals surface area contributed by atoms with Crippen molar-refractivity contribution >= 4 is 47.3 Å². The number of likely N-dealkylation sites (N-methyl/N-ethyl adjacent to an activating group) is 2. The van der Waals surface area contributed by atoms with Gasteiger partial charge < -0.3 is 47.9 Å². The molecule has 0 spiro atoms. The molecule has 10 atom stereocenters. The highest BCUT2D eigenvalue weighted by molar-refractivity contribution is 5.98. The van der Waals surface area contributed by atoms with Gasteiger partial charge in [-0.1, -0.05) is 86.1 Å². The zero-order valence-corrected chi connectivity index (χ0v) is 40.2. The molecule has 1 aliphatic heterocycles. The number of allylic oxidation sites excluding steroid dienone is 2. The Balaban J connectivity index is 1.43. The quantitative estimate of drug-likeness (QED) is 0.0638. The molecule has 1 aromatic carbocycles. The number of carbonyl (C=O) groups is 7. The second-order valence-electron chi connectivity index (χ2n) is 19.5. The number of nitrogens with one attached hydrogen (secondary N) is 6. The van der Waals surface area contributed by atoms with Crippen molar-refractivity contribution in [1.29, 1.82) is 0 Å². The first-order chi connectivity index (χ1) is 30.3. The summed E-state index contributed by atoms with van der Waals surface area (Å²) in [4.78, 5) is 93.7. The van der Waals surface area contributed by atoms with Gasteiger partial charge in [0.2, 0.25) is 29.5 Å². The number of nitrogens with zero attached hydrogens (tertiary/aromatic N) is 2. The van der Waals surface area contributed by atoms with Crippen LogP contribution in [0.2, 0.25) is 0 Å². The summed E-state index contributed by atoms with van der Waals surface area (Å²) in [6.45, 7) is 19.5. The van der Waals surface area contributed by atoms with Crippen LogP contribution >= 0.6 is 0 Å². The van der Waals surface area contributed by atoms with Gasteiger partial charge in [0.15, 0.2) is 0 Å². The highest BCUT2D eigenvalue weighted by Gasteiger charge is 2.79. The molecule has 8 amide bonds. The van der Waals surface area contributed by atoms with Crippen LogP contribution in [0.1, 0.15) is 94.1 Å². The van der Waals surface area contributed by atoms with E-state index < -0.39 is 82.9 Å². The van der Waals surface area contributed by atoms with Crippen LogP contribution < -0.4 is 43.5 Å². The average Bonchev–Trinajstić information content (AvgIpc) is 3.63. The van der Waals surface area contributed by atoms with E-state index in [2.05, 4.69) is 58.9 Å². The number of hydrogen-bond donors (Lipinski definition) is 9. The van der Waals surface area contributed by atoms with Crippen LogP contribution in [0.5, 0.6) is 0 Å². The Morgan fingerprint density at radius 2 is 1.51 bits per heavy atom. The molecule has 362 valence electrons. The summed E-state index contributed by atoms with van der Waals surface area (Å²) in [6, 6.07) is 1.93. The largest absolute Gasteiger partial charge is 0.445 e. The van der Waals surface area contributed by atoms with Crippen LogP contribution in [-0.4, -0.2) is 114 Å². The second kappa shape index (κ2) is 20.9. The summed E-state index contributed by atoms with van der Waals surface area (Å²) >= 11 is 0. The third-order valence-electron chi connectivity index (χ3n) is 14.6. The third kappa shape index (κ3) is 10.3. The smallest absolute Gasteiger partial charge is 0.410 e. The number of fused-ring (bicyclic) bond motifs is 5. The predicted octanol–water partition coefficient (Wildman–Crippen LogP) is 2.30. The summed E-state index contributed by atoms with van der Waals surface area (Å²) in [6.07, 6.45) is 1.26. The molecule has 65 heavy (non-hydrogen) atoms. The van der Waals surface area contributed by atoms with Crippen molar-refractivity contribution in [3.63, 3.8) is 0 Å². The molecule has 0 radical (unpaired) electrons. The van der Waals surface area contributed by atoms with Gasteiger partial charge in [0, 0.05) is 37.7 Å². The van der Waals surface area contributed by atoms with Crippen LogP contribution in [-0.2, 0) is 35.3 Å². The summed E-state index contributed by atoms with van der Waals surface area (Å²) in [5, 5.41) is 26.5. The Labute approximate surface area is 383 Å². The molecule has 1 saturated carbocycles. The fourth-order valence-corrected chi connectivity index (χ4v) is 10.6. The van der Waals surface area contributed by atoms with Gasteiger partial charge in [0.05, 0.1) is 5.92 Å². The van der Waals surface area contributed by atoms with Crippen molar-refractivity contribution < 1.29 is 43.4 Å². The maximum Gasteiger partial charge on any atom is 0.410 e. The lowest BCUT2D eigenvalue weighted by Gasteiger charge is -2.47. The standard InChI is InChI=1S/C46H74N10O9/c1-24(2)33(37(58)49-11)53-39(60)35(26(5)6)55(12)43(64)65-23-28-15-17-29(18-16-28)51-36(57)30(14-13-21-50-42(48)63)52-38(59)34(25(3)4)54-56-40(61)31-32(41(56)62)46(10)27(7)22-44(31,8)45(46,9)19-20-47/h15-18,22,24-26,30-35,40,54,61H,13-14,19-21,23,47H2,1-12H3,(H,49,58)(H,51,57)(H,52,59)(H,53,60)(H3,48,50,63)/t30-,31?,32?,33-,34-,35-,40?,44?,45?,46?/m0/s1. The van der Waals surface area contributed by atoms with Crippen molar-refractivity contribution in [2.75, 3.05) is 32.5 Å². The van der Waals surface area contributed by atoms with Crippen molar-refractivity contribution in [2.24, 2.45) is 57.3 Å². The lowest BCUT2D eigenvalue weighted by atomic mass is 9.58. The first-order valence-electron chi connectivity index (χ1n) is 22.6. The van der Waals surface area contributed by atoms with Gasteiger partial charge in [0.1, 0.15) is 37.0 Å². The van der Waals surface area contributed by atoms with Gasteiger partial charge in [0.25, 0.3) is 0 Å². The Hall–Kier alpha value is -5.27. The van der Waals surface area contributed by atoms with Gasteiger partial charge >= 0.3 is 12.1 Å². The molecule has 4 rings (SSSR count). The van der Waals surface area contributed by atoms with E-state index >= 15 is 0 Å². The molecule has 1 heterocycles. The van der Waals surface area contributed by atoms with E-state index in [4.69, 9.17) is 16.2 Å². The fourth-order valence-electron chi connectivity index (χ4n) is 10.6. The van der Waals surface area contributed by atoms with Gasteiger partial charge in [-0.3, -0.25) is 28.9 Å². The van der Waals surface area contributed by atoms with Crippen LogP contribution in [0, 0.1) is 45.8 Å². The Morgan fingerprint density at radius 3 is 2.05 bits per heavy atom. The van der Waals surface area contributed by atoms with E-state index in [0.717, 1.165) is 5.57 Å². The summed E-state index contributed by atoms with van der Waals surface area (Å²) < 4.78 is 5.54. The van der Waals surface area contributed by atoms with Gasteiger partial charge in [-0.15, -0.1) is 0 Å². The number of ether oxygens (including phenoxy) is 1. The minimum absolute atomic E-state index is 0.111. The Kier molecular flexibility index (Phi) is 16.8. The van der Waals surface area contributed by atoms with Gasteiger partial charge in [-0.25, -0.2) is 20.0 Å². The van der Waals surface area contributed by atoms with Crippen molar-refractivity contribution in [2.45, 2.75) is 126 Å². The topological polar surface area (TPSA) is 280 Å². The minimum Gasteiger partial charge on any atom is -0.445 e. The molecule has 11 N–H and O–H groups in total. The SMILES string of the molecule is CNC(=O)[C@@H](NC(=O)[C@H](C(C)C)N(C)C(=O)OCc1ccc(NC(=O)[C@H](CCCNC(N)=O)NC(=O)[C@@H](NN2C(=O)C3C(C2O)C2(C)C=C(C)C3(C)C2(C)CCN)C(C)C)cc1)C(C)C. The van der Waals surface area contributed by atoms with Crippen molar-refractivity contribution in [1.82, 2.24) is 36.6 Å². The normalized spacial score (nSPS) is 26.2. The molecule has 2 aliphatic carbocycles. The number of hydrazine groups is 1. The number of urea groups is 1. The molecule has 1 saturated heterocycles. The molecule has 2 fully saturated rings. The lowest BCUT2D eigenvalue weighted by Crippen LogP contribution is -2.60. The zero-order chi connectivity index (χ0) is 48.9. The fraction of sp³-hybridized carbons (Fsp3) is 0.674. The Bertz CT molecular complexity index is 1980. The highest BCUT2D eigenvalue weighted by atomic mass is 16.6. The molecular weight excluding hydrogens is 837 g/mol. The van der Waals surface area contributed by atoms with E-state index in [1.165, 1.54) is 24.0 Å². The van der Waals surface area contributed by atoms with E-state index in [0.29, 0.717) is 24.2 Å². The molecule has 3 aliphatic rings. The number of aliphatic hydroxyl groups is 1. The predicted molar refractivity (Wildman–Crippen MR) is 245 cm³/mol. The van der Waals surface area contributed by atoms with Crippen LogP contribution in [0.25, 0.3) is 0 Å². The number of hydrogen-bond acceptors (Lipinski definition) is 11. The number of aliphatic hydroxyl groups excluding tert-OH is 1. The number of carbonyl (C=O) groups excluding carboxylic acids is 7. The minimum atomic E-state index is -1.23. The number of rotatable bonds is 21. The van der Waals surface area contributed by atoms with Gasteiger partial charge in [-0.05, 0) is 79.0 Å². The van der Waals surface area contributed by atoms with E-state index in [1.54, 1.807) is 65.8 Å². The maximum absolute atomic E-state index is 14.3. The molecule has 0 aromatic heterocycles. The maximum atomic E-state index is 14.3. The van der Waals surface area contributed by atoms with Crippen LogP contribution in [0.4, 0.5) is 15.3 Å². The summed E-state index contributed by atoms with van der Waals surface area (Å²) in [5.74, 6) is -4.15. The number of amides is 8.